The van der Waals surface area contributed by atoms with Crippen molar-refractivity contribution in [3.8, 4) is 0 Å². The van der Waals surface area contributed by atoms with Crippen LogP contribution in [0.2, 0.25) is 0 Å². The number of ether oxygens (including phenoxy) is 2. The van der Waals surface area contributed by atoms with Gasteiger partial charge in [0.2, 0.25) is 0 Å². The zero-order valence-corrected chi connectivity index (χ0v) is 7.29. The van der Waals surface area contributed by atoms with Gasteiger partial charge in [-0.15, -0.1) is 0 Å². The minimum Gasteiger partial charge on any atom is -0.481 e. The molecular weight excluding hydrogens is 148 g/mol. The molecule has 4 heteroatoms. The van der Waals surface area contributed by atoms with Gasteiger partial charge in [-0.3, -0.25) is 4.79 Å². The Labute approximate surface area is 67.1 Å². The molecule has 0 saturated heterocycles. The van der Waals surface area contributed by atoms with E-state index in [1.54, 1.807) is 7.11 Å². The maximum Gasteiger partial charge on any atom is 0.300 e. The molecule has 4 nitrogen and oxygen atoms in total. The van der Waals surface area contributed by atoms with Gasteiger partial charge in [-0.1, -0.05) is 0 Å². The van der Waals surface area contributed by atoms with E-state index in [0.29, 0.717) is 13.2 Å². The third-order valence-electron chi connectivity index (χ3n) is 0.636. The van der Waals surface area contributed by atoms with Gasteiger partial charge < -0.3 is 14.6 Å². The van der Waals surface area contributed by atoms with Crippen molar-refractivity contribution in [2.24, 2.45) is 0 Å². The summed E-state index contributed by atoms with van der Waals surface area (Å²) in [6.45, 7) is 5.25. The van der Waals surface area contributed by atoms with Crippen LogP contribution in [0.1, 0.15) is 13.8 Å². The molecule has 0 aliphatic heterocycles. The summed E-state index contributed by atoms with van der Waals surface area (Å²) in [6, 6.07) is 0. The number of rotatable bonds is 4. The van der Waals surface area contributed by atoms with E-state index in [4.69, 9.17) is 19.4 Å². The van der Waals surface area contributed by atoms with Crippen molar-refractivity contribution >= 4 is 5.97 Å². The van der Waals surface area contributed by atoms with E-state index in [1.165, 1.54) is 0 Å². The SMILES string of the molecule is CC(=O)O.CCOCCOC. The summed E-state index contributed by atoms with van der Waals surface area (Å²) in [5, 5.41) is 7.42. The molecule has 0 spiro atoms. The van der Waals surface area contributed by atoms with Crippen LogP contribution in [0.4, 0.5) is 0 Å². The third-order valence-corrected chi connectivity index (χ3v) is 0.636. The van der Waals surface area contributed by atoms with Crippen LogP contribution >= 0.6 is 0 Å². The molecule has 0 aliphatic carbocycles. The van der Waals surface area contributed by atoms with E-state index in [1.807, 2.05) is 6.92 Å². The molecule has 0 unspecified atom stereocenters. The minimum atomic E-state index is -0.833. The number of carboxylic acids is 1. The number of methoxy groups -OCH3 is 1. The molecule has 0 aliphatic rings. The van der Waals surface area contributed by atoms with Crippen LogP contribution in [0.3, 0.4) is 0 Å². The van der Waals surface area contributed by atoms with E-state index >= 15 is 0 Å². The Morgan fingerprint density at radius 2 is 1.91 bits per heavy atom. The van der Waals surface area contributed by atoms with Crippen molar-refractivity contribution < 1.29 is 19.4 Å². The molecule has 11 heavy (non-hydrogen) atoms. The number of aliphatic carboxylic acids is 1. The average Bonchev–Trinajstić information content (AvgIpc) is 1.88. The largest absolute Gasteiger partial charge is 0.481 e. The lowest BCUT2D eigenvalue weighted by molar-refractivity contribution is -0.134. The van der Waals surface area contributed by atoms with Crippen LogP contribution in [-0.2, 0) is 14.3 Å². The first-order valence-corrected chi connectivity index (χ1v) is 3.41. The molecule has 0 aromatic heterocycles. The summed E-state index contributed by atoms with van der Waals surface area (Å²) in [6.07, 6.45) is 0. The Morgan fingerprint density at radius 3 is 2.18 bits per heavy atom. The molecule has 0 atom stereocenters. The highest BCUT2D eigenvalue weighted by Crippen LogP contribution is 1.71. The Hall–Kier alpha value is -0.610. The number of carbonyl (C=O) groups is 1. The van der Waals surface area contributed by atoms with Gasteiger partial charge in [-0.2, -0.15) is 0 Å². The second-order valence-corrected chi connectivity index (χ2v) is 1.71. The van der Waals surface area contributed by atoms with Crippen molar-refractivity contribution in [1.29, 1.82) is 0 Å². The van der Waals surface area contributed by atoms with E-state index in [0.717, 1.165) is 13.5 Å². The molecule has 0 aromatic carbocycles. The topological polar surface area (TPSA) is 55.8 Å². The Kier molecular flexibility index (Phi) is 14.3. The van der Waals surface area contributed by atoms with Gasteiger partial charge in [0.1, 0.15) is 0 Å². The Bertz CT molecular complexity index is 74.5. The van der Waals surface area contributed by atoms with Crippen molar-refractivity contribution in [2.75, 3.05) is 26.9 Å². The van der Waals surface area contributed by atoms with Crippen molar-refractivity contribution in [1.82, 2.24) is 0 Å². The zero-order valence-electron chi connectivity index (χ0n) is 7.29. The predicted octanol–water partition coefficient (Wildman–Crippen LogP) is 0.760. The first-order chi connectivity index (χ1) is 5.15. The maximum atomic E-state index is 9.00. The van der Waals surface area contributed by atoms with Gasteiger partial charge in [-0.05, 0) is 6.92 Å². The molecule has 0 amide bonds. The van der Waals surface area contributed by atoms with Gasteiger partial charge in [0.15, 0.2) is 0 Å². The molecule has 0 heterocycles. The maximum absolute atomic E-state index is 9.00. The fourth-order valence-electron chi connectivity index (χ4n) is 0.287. The highest BCUT2D eigenvalue weighted by molar-refractivity contribution is 5.62. The Balaban J connectivity index is 0. The second-order valence-electron chi connectivity index (χ2n) is 1.71. The highest BCUT2D eigenvalue weighted by atomic mass is 16.5. The minimum absolute atomic E-state index is 0.702. The molecule has 0 rings (SSSR count). The lowest BCUT2D eigenvalue weighted by Crippen LogP contribution is -2.00. The van der Waals surface area contributed by atoms with E-state index in [9.17, 15) is 0 Å². The molecule has 0 saturated carbocycles. The lowest BCUT2D eigenvalue weighted by atomic mass is 10.7. The normalized spacial score (nSPS) is 8.27. The van der Waals surface area contributed by atoms with Crippen molar-refractivity contribution in [2.45, 2.75) is 13.8 Å². The van der Waals surface area contributed by atoms with Gasteiger partial charge >= 0.3 is 0 Å². The van der Waals surface area contributed by atoms with Crippen molar-refractivity contribution in [3.05, 3.63) is 0 Å². The van der Waals surface area contributed by atoms with Crippen LogP contribution in [0, 0.1) is 0 Å². The quantitative estimate of drug-likeness (QED) is 0.623. The fraction of sp³-hybridized carbons (Fsp3) is 0.857. The highest BCUT2D eigenvalue weighted by Gasteiger charge is 1.78. The molecular formula is C7H16O4. The molecule has 68 valence electrons. The first kappa shape index (κ1) is 13.0. The van der Waals surface area contributed by atoms with Gasteiger partial charge in [0, 0.05) is 20.6 Å². The molecule has 0 radical (unpaired) electrons. The number of carboxylic acid groups (broad SMARTS) is 1. The zero-order chi connectivity index (χ0) is 9.11. The standard InChI is InChI=1S/C5H12O2.C2H4O2/c1-3-7-5-4-6-2;1-2(3)4/h3-5H2,1-2H3;1H3,(H,3,4). The van der Waals surface area contributed by atoms with Crippen molar-refractivity contribution in [3.63, 3.8) is 0 Å². The average molecular weight is 164 g/mol. The summed E-state index contributed by atoms with van der Waals surface area (Å²) in [5.41, 5.74) is 0. The summed E-state index contributed by atoms with van der Waals surface area (Å²) in [7, 11) is 1.67. The molecule has 0 bridgehead atoms. The van der Waals surface area contributed by atoms with Crippen LogP contribution in [0.15, 0.2) is 0 Å². The van der Waals surface area contributed by atoms with Crippen LogP contribution in [-0.4, -0.2) is 38.0 Å². The summed E-state index contributed by atoms with van der Waals surface area (Å²) >= 11 is 0. The van der Waals surface area contributed by atoms with Crippen LogP contribution in [0.25, 0.3) is 0 Å². The van der Waals surface area contributed by atoms with E-state index < -0.39 is 5.97 Å². The predicted molar refractivity (Wildman–Crippen MR) is 41.7 cm³/mol. The van der Waals surface area contributed by atoms with Crippen LogP contribution < -0.4 is 0 Å². The summed E-state index contributed by atoms with van der Waals surface area (Å²) in [5.74, 6) is -0.833. The molecule has 0 aromatic rings. The van der Waals surface area contributed by atoms with Gasteiger partial charge in [0.05, 0.1) is 13.2 Å². The van der Waals surface area contributed by atoms with Gasteiger partial charge in [-0.25, -0.2) is 0 Å². The lowest BCUT2D eigenvalue weighted by Gasteiger charge is -1.96. The first-order valence-electron chi connectivity index (χ1n) is 3.41. The Morgan fingerprint density at radius 1 is 1.45 bits per heavy atom. The fourth-order valence-corrected chi connectivity index (χ4v) is 0.287. The summed E-state index contributed by atoms with van der Waals surface area (Å²) < 4.78 is 9.67. The smallest absolute Gasteiger partial charge is 0.300 e. The van der Waals surface area contributed by atoms with Gasteiger partial charge in [0.25, 0.3) is 5.97 Å². The van der Waals surface area contributed by atoms with E-state index in [-0.39, 0.29) is 0 Å². The van der Waals surface area contributed by atoms with Crippen LogP contribution in [0.5, 0.6) is 0 Å². The third kappa shape index (κ3) is 44.6. The number of hydrogen-bond acceptors (Lipinski definition) is 3. The van der Waals surface area contributed by atoms with E-state index in [2.05, 4.69) is 0 Å². The summed E-state index contributed by atoms with van der Waals surface area (Å²) in [4.78, 5) is 9.00. The second kappa shape index (κ2) is 12.1. The molecule has 1 N–H and O–H groups in total. The molecule has 0 fully saturated rings. The number of hydrogen-bond donors (Lipinski definition) is 1. The monoisotopic (exact) mass is 164 g/mol.